The SMILES string of the molecule is CCN(CC)CCCNc1ncnc(NN)c1C. The molecule has 0 fully saturated rings. The topological polar surface area (TPSA) is 79.1 Å². The standard InChI is InChI=1S/C12H24N6/c1-4-18(5-2)8-6-7-14-11-10(3)12(17-13)16-9-15-11/h9H,4-8,13H2,1-3H3,(H2,14,15,16,17). The first-order valence-electron chi connectivity index (χ1n) is 6.47. The average Bonchev–Trinajstić information content (AvgIpc) is 2.40. The zero-order chi connectivity index (χ0) is 13.4. The van der Waals surface area contributed by atoms with E-state index in [0.29, 0.717) is 5.82 Å². The molecule has 0 saturated heterocycles. The lowest BCUT2D eigenvalue weighted by Gasteiger charge is -2.18. The van der Waals surface area contributed by atoms with Crippen molar-refractivity contribution in [3.05, 3.63) is 11.9 Å². The largest absolute Gasteiger partial charge is 0.370 e. The molecule has 1 rings (SSSR count). The number of anilines is 2. The summed E-state index contributed by atoms with van der Waals surface area (Å²) in [4.78, 5) is 10.7. The molecular formula is C12H24N6. The number of aromatic nitrogens is 2. The predicted octanol–water partition coefficient (Wildman–Crippen LogP) is 1.21. The van der Waals surface area contributed by atoms with E-state index in [2.05, 4.69) is 39.5 Å². The van der Waals surface area contributed by atoms with Crippen LogP contribution < -0.4 is 16.6 Å². The smallest absolute Gasteiger partial charge is 0.148 e. The van der Waals surface area contributed by atoms with Crippen LogP contribution in [0.5, 0.6) is 0 Å². The van der Waals surface area contributed by atoms with Crippen LogP contribution in [0.2, 0.25) is 0 Å². The van der Waals surface area contributed by atoms with Crippen LogP contribution in [0.15, 0.2) is 6.33 Å². The number of hydrogen-bond acceptors (Lipinski definition) is 6. The predicted molar refractivity (Wildman–Crippen MR) is 75.5 cm³/mol. The van der Waals surface area contributed by atoms with Crippen LogP contribution >= 0.6 is 0 Å². The fraction of sp³-hybridized carbons (Fsp3) is 0.667. The zero-order valence-corrected chi connectivity index (χ0v) is 11.5. The zero-order valence-electron chi connectivity index (χ0n) is 11.5. The van der Waals surface area contributed by atoms with Crippen LogP contribution in [0.25, 0.3) is 0 Å². The van der Waals surface area contributed by atoms with Crippen molar-refractivity contribution in [3.63, 3.8) is 0 Å². The van der Waals surface area contributed by atoms with Crippen LogP contribution in [0.3, 0.4) is 0 Å². The van der Waals surface area contributed by atoms with Gasteiger partial charge in [0.05, 0.1) is 0 Å². The third kappa shape index (κ3) is 4.12. The number of nitrogen functional groups attached to an aromatic ring is 1. The van der Waals surface area contributed by atoms with Crippen molar-refractivity contribution in [2.75, 3.05) is 36.9 Å². The summed E-state index contributed by atoms with van der Waals surface area (Å²) in [5.41, 5.74) is 3.51. The molecule has 6 nitrogen and oxygen atoms in total. The summed E-state index contributed by atoms with van der Waals surface area (Å²) in [5, 5.41) is 3.32. The molecule has 0 radical (unpaired) electrons. The lowest BCUT2D eigenvalue weighted by Crippen LogP contribution is -2.25. The molecule has 0 aromatic carbocycles. The minimum absolute atomic E-state index is 0.663. The van der Waals surface area contributed by atoms with E-state index in [1.54, 1.807) is 0 Å². The average molecular weight is 252 g/mol. The molecule has 4 N–H and O–H groups in total. The summed E-state index contributed by atoms with van der Waals surface area (Å²) < 4.78 is 0. The van der Waals surface area contributed by atoms with E-state index in [4.69, 9.17) is 5.84 Å². The van der Waals surface area contributed by atoms with Crippen molar-refractivity contribution in [1.29, 1.82) is 0 Å². The second kappa shape index (κ2) is 7.84. The van der Waals surface area contributed by atoms with Gasteiger partial charge in [0.25, 0.3) is 0 Å². The van der Waals surface area contributed by atoms with Gasteiger partial charge < -0.3 is 15.6 Å². The summed E-state index contributed by atoms with van der Waals surface area (Å²) in [7, 11) is 0. The second-order valence-corrected chi connectivity index (χ2v) is 4.15. The molecule has 1 aromatic heterocycles. The van der Waals surface area contributed by atoms with E-state index in [9.17, 15) is 0 Å². The van der Waals surface area contributed by atoms with Gasteiger partial charge in [0, 0.05) is 12.1 Å². The van der Waals surface area contributed by atoms with E-state index in [1.807, 2.05) is 6.92 Å². The van der Waals surface area contributed by atoms with Gasteiger partial charge in [-0.25, -0.2) is 15.8 Å². The third-order valence-corrected chi connectivity index (χ3v) is 3.06. The summed E-state index contributed by atoms with van der Waals surface area (Å²) in [6.07, 6.45) is 2.60. The van der Waals surface area contributed by atoms with Gasteiger partial charge in [-0.15, -0.1) is 0 Å². The van der Waals surface area contributed by atoms with Gasteiger partial charge >= 0.3 is 0 Å². The van der Waals surface area contributed by atoms with Gasteiger partial charge in [-0.05, 0) is 33.0 Å². The molecule has 0 amide bonds. The Morgan fingerprint density at radius 1 is 1.22 bits per heavy atom. The van der Waals surface area contributed by atoms with Crippen LogP contribution in [0.1, 0.15) is 25.8 Å². The van der Waals surface area contributed by atoms with Gasteiger partial charge in [0.1, 0.15) is 18.0 Å². The minimum Gasteiger partial charge on any atom is -0.370 e. The molecule has 6 heteroatoms. The Morgan fingerprint density at radius 2 is 1.89 bits per heavy atom. The Labute approximate surface area is 109 Å². The van der Waals surface area contributed by atoms with Crippen molar-refractivity contribution in [3.8, 4) is 0 Å². The quantitative estimate of drug-likeness (QED) is 0.367. The molecule has 0 bridgehead atoms. The highest BCUT2D eigenvalue weighted by atomic mass is 15.3. The number of nitrogens with zero attached hydrogens (tertiary/aromatic N) is 3. The highest BCUT2D eigenvalue weighted by molar-refractivity contribution is 5.55. The Balaban J connectivity index is 2.40. The van der Waals surface area contributed by atoms with E-state index in [0.717, 1.165) is 44.0 Å². The first kappa shape index (κ1) is 14.7. The molecule has 1 aromatic rings. The van der Waals surface area contributed by atoms with Crippen LogP contribution in [0.4, 0.5) is 11.6 Å². The maximum absolute atomic E-state index is 5.38. The van der Waals surface area contributed by atoms with E-state index >= 15 is 0 Å². The molecule has 0 spiro atoms. The van der Waals surface area contributed by atoms with Crippen molar-refractivity contribution in [1.82, 2.24) is 14.9 Å². The molecule has 0 unspecified atom stereocenters. The molecule has 0 aliphatic rings. The van der Waals surface area contributed by atoms with Crippen molar-refractivity contribution in [2.45, 2.75) is 27.2 Å². The number of hydrazine groups is 1. The van der Waals surface area contributed by atoms with Crippen LogP contribution in [0, 0.1) is 6.92 Å². The van der Waals surface area contributed by atoms with E-state index in [1.165, 1.54) is 6.33 Å². The molecule has 1 heterocycles. The highest BCUT2D eigenvalue weighted by Gasteiger charge is 2.05. The fourth-order valence-corrected chi connectivity index (χ4v) is 1.82. The maximum atomic E-state index is 5.38. The fourth-order valence-electron chi connectivity index (χ4n) is 1.82. The molecule has 0 aliphatic heterocycles. The molecule has 0 saturated carbocycles. The molecular weight excluding hydrogens is 228 g/mol. The van der Waals surface area contributed by atoms with Gasteiger partial charge in [0.15, 0.2) is 0 Å². The van der Waals surface area contributed by atoms with Gasteiger partial charge in [-0.3, -0.25) is 0 Å². The Bertz CT molecular complexity index is 350. The van der Waals surface area contributed by atoms with Gasteiger partial charge in [-0.1, -0.05) is 13.8 Å². The number of nitrogens with one attached hydrogen (secondary N) is 2. The molecule has 18 heavy (non-hydrogen) atoms. The summed E-state index contributed by atoms with van der Waals surface area (Å²) in [6.45, 7) is 10.5. The highest BCUT2D eigenvalue weighted by Crippen LogP contribution is 2.16. The first-order chi connectivity index (χ1) is 8.72. The number of nitrogens with two attached hydrogens (primary N) is 1. The van der Waals surface area contributed by atoms with E-state index < -0.39 is 0 Å². The van der Waals surface area contributed by atoms with Crippen LogP contribution in [-0.2, 0) is 0 Å². The van der Waals surface area contributed by atoms with Crippen molar-refractivity contribution >= 4 is 11.6 Å². The number of rotatable bonds is 8. The Kier molecular flexibility index (Phi) is 6.38. The third-order valence-electron chi connectivity index (χ3n) is 3.06. The summed E-state index contributed by atoms with van der Waals surface area (Å²) in [6, 6.07) is 0. The minimum atomic E-state index is 0.663. The lowest BCUT2D eigenvalue weighted by molar-refractivity contribution is 0.303. The molecule has 0 aliphatic carbocycles. The first-order valence-corrected chi connectivity index (χ1v) is 6.47. The van der Waals surface area contributed by atoms with E-state index in [-0.39, 0.29) is 0 Å². The number of hydrogen-bond donors (Lipinski definition) is 3. The summed E-state index contributed by atoms with van der Waals surface area (Å²) >= 11 is 0. The molecule has 0 atom stereocenters. The normalized spacial score (nSPS) is 10.7. The second-order valence-electron chi connectivity index (χ2n) is 4.15. The van der Waals surface area contributed by atoms with Crippen molar-refractivity contribution in [2.24, 2.45) is 5.84 Å². The van der Waals surface area contributed by atoms with Gasteiger partial charge in [0.2, 0.25) is 0 Å². The monoisotopic (exact) mass is 252 g/mol. The van der Waals surface area contributed by atoms with Gasteiger partial charge in [-0.2, -0.15) is 0 Å². The summed E-state index contributed by atoms with van der Waals surface area (Å²) in [5.74, 6) is 6.88. The maximum Gasteiger partial charge on any atom is 0.148 e. The van der Waals surface area contributed by atoms with Crippen molar-refractivity contribution < 1.29 is 0 Å². The Morgan fingerprint density at radius 3 is 2.50 bits per heavy atom. The Hall–Kier alpha value is -1.40. The van der Waals surface area contributed by atoms with Crippen LogP contribution in [-0.4, -0.2) is 41.0 Å². The lowest BCUT2D eigenvalue weighted by atomic mass is 10.3. The molecule has 102 valence electrons.